The Hall–Kier alpha value is -0.0800. The number of nitrogens with one attached hydrogen (secondary N) is 1. The minimum atomic E-state index is -0.0660. The fraction of sp³-hybridized carbons (Fsp3) is 1.00. The maximum Gasteiger partial charge on any atom is 0.0444 e. The van der Waals surface area contributed by atoms with Gasteiger partial charge in [0, 0.05) is 33.1 Å². The number of hydrogen-bond acceptors (Lipinski definition) is 2. The van der Waals surface area contributed by atoms with Crippen molar-refractivity contribution in [3.63, 3.8) is 0 Å². The van der Waals surface area contributed by atoms with Gasteiger partial charge in [-0.15, -0.1) is 0 Å². The molecule has 0 amide bonds. The van der Waals surface area contributed by atoms with Crippen molar-refractivity contribution in [2.24, 2.45) is 0 Å². The Balaban J connectivity index is 2.55. The fourth-order valence-corrected chi connectivity index (χ4v) is 1.18. The normalized spacial score (nSPS) is 31.9. The third-order valence-corrected chi connectivity index (χ3v) is 1.85. The summed E-state index contributed by atoms with van der Waals surface area (Å²) in [5.74, 6) is 0. The molecule has 0 spiro atoms. The molecule has 2 heteroatoms. The molecule has 60 valence electrons. The van der Waals surface area contributed by atoms with Crippen LogP contribution in [0.15, 0.2) is 0 Å². The molecule has 1 aliphatic rings. The van der Waals surface area contributed by atoms with Crippen molar-refractivity contribution < 1.29 is 1.37 Å². The van der Waals surface area contributed by atoms with E-state index >= 15 is 0 Å². The molecule has 0 aliphatic carbocycles. The van der Waals surface area contributed by atoms with Crippen molar-refractivity contribution in [1.29, 1.82) is 0 Å². The zero-order valence-electron chi connectivity index (χ0n) is 8.15. The number of rotatable bonds is 0. The van der Waals surface area contributed by atoms with Crippen LogP contribution in [0.3, 0.4) is 0 Å². The quantitative estimate of drug-likeness (QED) is 0.537. The summed E-state index contributed by atoms with van der Waals surface area (Å²) < 4.78 is 7.75. The van der Waals surface area contributed by atoms with Crippen LogP contribution >= 0.6 is 0 Å². The minimum Gasteiger partial charge on any atom is -0.314 e. The predicted molar refractivity (Wildman–Crippen MR) is 44.2 cm³/mol. The van der Waals surface area contributed by atoms with Gasteiger partial charge in [-0.3, -0.25) is 4.90 Å². The highest BCUT2D eigenvalue weighted by Gasteiger charge is 2.21. The summed E-state index contributed by atoms with van der Waals surface area (Å²) in [6.07, 6.45) is 0. The third-order valence-electron chi connectivity index (χ3n) is 1.85. The van der Waals surface area contributed by atoms with Gasteiger partial charge in [0.15, 0.2) is 0 Å². The monoisotopic (exact) mass is 143 g/mol. The van der Waals surface area contributed by atoms with Crippen molar-refractivity contribution >= 4 is 0 Å². The van der Waals surface area contributed by atoms with Crippen molar-refractivity contribution in [3.05, 3.63) is 0 Å². The molecule has 1 saturated heterocycles. The molecule has 0 aromatic carbocycles. The smallest absolute Gasteiger partial charge is 0.0444 e. The molecule has 1 unspecified atom stereocenters. The van der Waals surface area contributed by atoms with Crippen LogP contribution in [-0.4, -0.2) is 36.6 Å². The van der Waals surface area contributed by atoms with Gasteiger partial charge in [-0.05, 0) is 20.8 Å². The second-order valence-electron chi connectivity index (χ2n) is 3.75. The van der Waals surface area contributed by atoms with E-state index in [1.807, 2.05) is 0 Å². The minimum absolute atomic E-state index is 0.0660. The molecular formula is C8H18N2. The van der Waals surface area contributed by atoms with Crippen LogP contribution in [0.5, 0.6) is 0 Å². The number of piperazine rings is 1. The first kappa shape index (κ1) is 6.62. The molecule has 0 aromatic heterocycles. The summed E-state index contributed by atoms with van der Waals surface area (Å²) in [5.41, 5.74) is 0.147. The van der Waals surface area contributed by atoms with Crippen LogP contribution < -0.4 is 5.32 Å². The van der Waals surface area contributed by atoms with Crippen molar-refractivity contribution in [2.75, 3.05) is 26.2 Å². The van der Waals surface area contributed by atoms with Crippen molar-refractivity contribution in [3.8, 4) is 0 Å². The number of nitrogens with zero attached hydrogens (tertiary/aromatic N) is 1. The van der Waals surface area contributed by atoms with E-state index in [2.05, 4.69) is 31.0 Å². The lowest BCUT2D eigenvalue weighted by molar-refractivity contribution is 0.119. The van der Waals surface area contributed by atoms with Gasteiger partial charge >= 0.3 is 0 Å². The van der Waals surface area contributed by atoms with Gasteiger partial charge in [0.2, 0.25) is 0 Å². The second-order valence-corrected chi connectivity index (χ2v) is 3.75. The Morgan fingerprint density at radius 2 is 2.10 bits per heavy atom. The maximum atomic E-state index is 7.75. The zero-order chi connectivity index (χ0) is 8.48. The topological polar surface area (TPSA) is 15.3 Å². The summed E-state index contributed by atoms with van der Waals surface area (Å²) >= 11 is 0. The van der Waals surface area contributed by atoms with E-state index in [0.29, 0.717) is 0 Å². The van der Waals surface area contributed by atoms with Gasteiger partial charge in [-0.25, -0.2) is 0 Å². The predicted octanol–water partition coefficient (Wildman–Crippen LogP) is 0.690. The lowest BCUT2D eigenvalue weighted by Crippen LogP contribution is -2.51. The molecule has 0 aromatic rings. The average Bonchev–Trinajstić information content (AvgIpc) is 1.86. The molecular weight excluding hydrogens is 124 g/mol. The molecule has 1 heterocycles. The zero-order valence-corrected chi connectivity index (χ0v) is 7.15. The molecule has 1 fully saturated rings. The van der Waals surface area contributed by atoms with Crippen LogP contribution in [0, 0.1) is 0 Å². The first-order chi connectivity index (χ1) is 5.02. The Bertz CT molecular complexity index is 131. The van der Waals surface area contributed by atoms with Crippen LogP contribution in [-0.2, 0) is 0 Å². The third kappa shape index (κ3) is 1.96. The van der Waals surface area contributed by atoms with Gasteiger partial charge in [-0.1, -0.05) is 0 Å². The van der Waals surface area contributed by atoms with Crippen molar-refractivity contribution in [1.82, 2.24) is 10.2 Å². The lowest BCUT2D eigenvalue weighted by atomic mass is 10.1. The van der Waals surface area contributed by atoms with Gasteiger partial charge in [-0.2, -0.15) is 0 Å². The molecule has 1 atom stereocenters. The molecule has 0 radical (unpaired) electrons. The van der Waals surface area contributed by atoms with Crippen LogP contribution in [0.1, 0.15) is 22.1 Å². The van der Waals surface area contributed by atoms with Gasteiger partial charge in [0.05, 0.1) is 0 Å². The van der Waals surface area contributed by atoms with E-state index in [-0.39, 0.29) is 12.1 Å². The van der Waals surface area contributed by atoms with E-state index in [9.17, 15) is 0 Å². The summed E-state index contributed by atoms with van der Waals surface area (Å²) in [6, 6.07) is 0. The van der Waals surface area contributed by atoms with Gasteiger partial charge < -0.3 is 5.32 Å². The first-order valence-electron chi connectivity index (χ1n) is 4.49. The summed E-state index contributed by atoms with van der Waals surface area (Å²) in [5, 5.41) is 3.21. The Morgan fingerprint density at radius 3 is 2.50 bits per heavy atom. The Labute approximate surface area is 65.0 Å². The molecule has 1 rings (SSSR count). The molecule has 0 bridgehead atoms. The molecule has 10 heavy (non-hydrogen) atoms. The van der Waals surface area contributed by atoms with E-state index in [1.165, 1.54) is 0 Å². The molecule has 1 N–H and O–H groups in total. The average molecular weight is 143 g/mol. The van der Waals surface area contributed by atoms with Crippen LogP contribution in [0.4, 0.5) is 0 Å². The highest BCUT2D eigenvalue weighted by molar-refractivity contribution is 4.79. The van der Waals surface area contributed by atoms with Crippen LogP contribution in [0.25, 0.3) is 0 Å². The highest BCUT2D eigenvalue weighted by Crippen LogP contribution is 2.12. The lowest BCUT2D eigenvalue weighted by Gasteiger charge is -2.38. The second kappa shape index (κ2) is 2.89. The maximum absolute atomic E-state index is 7.75. The van der Waals surface area contributed by atoms with E-state index < -0.39 is 0 Å². The largest absolute Gasteiger partial charge is 0.314 e. The Kier molecular flexibility index (Phi) is 1.91. The van der Waals surface area contributed by atoms with E-state index in [0.717, 1.165) is 19.6 Å². The number of hydrogen-bond donors (Lipinski definition) is 1. The summed E-state index contributed by atoms with van der Waals surface area (Å²) in [4.78, 5) is 2.23. The summed E-state index contributed by atoms with van der Waals surface area (Å²) in [6.45, 7) is 9.25. The van der Waals surface area contributed by atoms with Gasteiger partial charge in [0.25, 0.3) is 0 Å². The van der Waals surface area contributed by atoms with Crippen molar-refractivity contribution in [2.45, 2.75) is 26.3 Å². The van der Waals surface area contributed by atoms with E-state index in [4.69, 9.17) is 1.37 Å². The highest BCUT2D eigenvalue weighted by atomic mass is 15.2. The van der Waals surface area contributed by atoms with Crippen LogP contribution in [0.2, 0.25) is 0 Å². The molecule has 1 aliphatic heterocycles. The fourth-order valence-electron chi connectivity index (χ4n) is 1.18. The van der Waals surface area contributed by atoms with E-state index in [1.54, 1.807) is 0 Å². The van der Waals surface area contributed by atoms with Gasteiger partial charge in [0.1, 0.15) is 0 Å². The first-order valence-corrected chi connectivity index (χ1v) is 3.91. The summed E-state index contributed by atoms with van der Waals surface area (Å²) in [7, 11) is 0. The SMILES string of the molecule is [2H]C1CNCCN1C(C)(C)C. The molecule has 0 saturated carbocycles. The Morgan fingerprint density at radius 1 is 1.40 bits per heavy atom. The molecule has 2 nitrogen and oxygen atoms in total. The standard InChI is InChI=1S/C8H18N2/c1-8(2,3)10-6-4-9-5-7-10/h9H,4-7H2,1-3H3/i6D.